The minimum atomic E-state index is -0.819. The smallest absolute Gasteiger partial charge is 0.110 e. The summed E-state index contributed by atoms with van der Waals surface area (Å²) in [5.74, 6) is 0. The lowest BCUT2D eigenvalue weighted by Crippen LogP contribution is -2.35. The number of hydrogen-bond donors (Lipinski definition) is 3. The van der Waals surface area contributed by atoms with Gasteiger partial charge in [-0.05, 0) is 6.92 Å². The molecule has 0 bridgehead atoms. The summed E-state index contributed by atoms with van der Waals surface area (Å²) < 4.78 is 5.11. The molecule has 4 N–H and O–H groups in total. The van der Waals surface area contributed by atoms with Crippen molar-refractivity contribution in [1.29, 1.82) is 0 Å². The Bertz CT molecular complexity index is 120. The van der Waals surface area contributed by atoms with E-state index in [2.05, 4.69) is 0 Å². The van der Waals surface area contributed by atoms with Crippen molar-refractivity contribution in [3.05, 3.63) is 0 Å². The van der Waals surface area contributed by atoms with Crippen molar-refractivity contribution in [2.45, 2.75) is 31.3 Å². The van der Waals surface area contributed by atoms with Crippen LogP contribution in [0.15, 0.2) is 0 Å². The summed E-state index contributed by atoms with van der Waals surface area (Å²) in [6.45, 7) is 1.96. The largest absolute Gasteiger partial charge is 0.388 e. The molecule has 0 aromatic carbocycles. The highest BCUT2D eigenvalue weighted by Crippen LogP contribution is 2.19. The summed E-state index contributed by atoms with van der Waals surface area (Å²) in [5.41, 5.74) is 5.25. The van der Waals surface area contributed by atoms with Gasteiger partial charge in [0.25, 0.3) is 0 Å². The van der Waals surface area contributed by atoms with Crippen LogP contribution >= 0.6 is 0 Å². The molecule has 1 saturated heterocycles. The molecule has 60 valence electrons. The van der Waals surface area contributed by atoms with Gasteiger partial charge in [0.1, 0.15) is 12.2 Å². The molecule has 4 atom stereocenters. The third kappa shape index (κ3) is 1.15. The first-order valence-corrected chi connectivity index (χ1v) is 3.38. The van der Waals surface area contributed by atoms with Crippen molar-refractivity contribution in [2.24, 2.45) is 5.73 Å². The lowest BCUT2D eigenvalue weighted by molar-refractivity contribution is 0.0223. The van der Waals surface area contributed by atoms with Crippen molar-refractivity contribution >= 4 is 0 Å². The van der Waals surface area contributed by atoms with Gasteiger partial charge in [-0.2, -0.15) is 0 Å². The number of ether oxygens (including phenoxy) is 1. The number of aliphatic hydroxyl groups excluding tert-OH is 2. The molecule has 10 heavy (non-hydrogen) atoms. The molecule has 4 heteroatoms. The second-order valence-corrected chi connectivity index (χ2v) is 2.60. The summed E-state index contributed by atoms with van der Waals surface area (Å²) in [7, 11) is 0. The maximum Gasteiger partial charge on any atom is 0.110 e. The minimum absolute atomic E-state index is 0.253. The van der Waals surface area contributed by atoms with E-state index in [9.17, 15) is 5.11 Å². The average Bonchev–Trinajstić information content (AvgIpc) is 2.17. The van der Waals surface area contributed by atoms with Crippen LogP contribution in [-0.4, -0.2) is 41.2 Å². The maximum absolute atomic E-state index is 9.17. The molecule has 0 aromatic rings. The van der Waals surface area contributed by atoms with Gasteiger partial charge in [-0.25, -0.2) is 0 Å². The van der Waals surface area contributed by atoms with Crippen molar-refractivity contribution < 1.29 is 14.9 Å². The van der Waals surface area contributed by atoms with Crippen LogP contribution in [-0.2, 0) is 4.74 Å². The fourth-order valence-electron chi connectivity index (χ4n) is 1.13. The zero-order valence-electron chi connectivity index (χ0n) is 5.90. The van der Waals surface area contributed by atoms with E-state index in [0.29, 0.717) is 0 Å². The van der Waals surface area contributed by atoms with Crippen LogP contribution in [0.2, 0.25) is 0 Å². The SMILES string of the molecule is CC1O[C@H](CN)[C@@H](O)[C@@H]1O. The quantitative estimate of drug-likeness (QED) is 0.420. The molecule has 1 fully saturated rings. The zero-order valence-corrected chi connectivity index (χ0v) is 5.90. The second-order valence-electron chi connectivity index (χ2n) is 2.60. The molecule has 1 rings (SSSR count). The lowest BCUT2D eigenvalue weighted by atomic mass is 10.1. The topological polar surface area (TPSA) is 75.7 Å². The Morgan fingerprint density at radius 2 is 2.00 bits per heavy atom. The first-order valence-electron chi connectivity index (χ1n) is 3.38. The van der Waals surface area contributed by atoms with Gasteiger partial charge in [0.2, 0.25) is 0 Å². The summed E-state index contributed by atoms with van der Waals surface area (Å²) in [5, 5.41) is 18.3. The summed E-state index contributed by atoms with van der Waals surface area (Å²) in [6, 6.07) is 0. The molecule has 1 unspecified atom stereocenters. The molecule has 1 aliphatic rings. The molecule has 0 spiro atoms. The van der Waals surface area contributed by atoms with Gasteiger partial charge in [0, 0.05) is 6.54 Å². The van der Waals surface area contributed by atoms with Crippen LogP contribution in [0.5, 0.6) is 0 Å². The minimum Gasteiger partial charge on any atom is -0.388 e. The van der Waals surface area contributed by atoms with E-state index in [1.807, 2.05) is 0 Å². The van der Waals surface area contributed by atoms with Gasteiger partial charge in [-0.1, -0.05) is 0 Å². The highest BCUT2D eigenvalue weighted by Gasteiger charge is 2.38. The standard InChI is InChI=1S/C6H13NO3/c1-3-5(8)6(9)4(2-7)10-3/h3-6,8-9H,2,7H2,1H3/t3?,4-,5-,6-/m1/s1. The molecule has 4 nitrogen and oxygen atoms in total. The van der Waals surface area contributed by atoms with Crippen molar-refractivity contribution in [3.63, 3.8) is 0 Å². The fraction of sp³-hybridized carbons (Fsp3) is 1.00. The van der Waals surface area contributed by atoms with Gasteiger partial charge in [-0.15, -0.1) is 0 Å². The Hall–Kier alpha value is -0.160. The van der Waals surface area contributed by atoms with Gasteiger partial charge in [-0.3, -0.25) is 0 Å². The van der Waals surface area contributed by atoms with Crippen LogP contribution < -0.4 is 5.73 Å². The third-order valence-electron chi connectivity index (χ3n) is 1.83. The first-order chi connectivity index (χ1) is 4.66. The number of nitrogens with two attached hydrogens (primary N) is 1. The van der Waals surface area contributed by atoms with Crippen molar-refractivity contribution in [3.8, 4) is 0 Å². The molecule has 0 aromatic heterocycles. The Labute approximate surface area is 59.6 Å². The predicted octanol–water partition coefficient (Wildman–Crippen LogP) is -1.55. The van der Waals surface area contributed by atoms with E-state index in [-0.39, 0.29) is 12.6 Å². The summed E-state index contributed by atoms with van der Waals surface area (Å²) in [4.78, 5) is 0. The molecule has 0 saturated carbocycles. The van der Waals surface area contributed by atoms with Crippen LogP contribution in [0, 0.1) is 0 Å². The van der Waals surface area contributed by atoms with E-state index in [1.165, 1.54) is 0 Å². The molecule has 1 aliphatic heterocycles. The lowest BCUT2D eigenvalue weighted by Gasteiger charge is -2.10. The van der Waals surface area contributed by atoms with Crippen LogP contribution in [0.4, 0.5) is 0 Å². The number of hydrogen-bond acceptors (Lipinski definition) is 4. The van der Waals surface area contributed by atoms with Gasteiger partial charge >= 0.3 is 0 Å². The van der Waals surface area contributed by atoms with Gasteiger partial charge < -0.3 is 20.7 Å². The molecule has 0 aliphatic carbocycles. The second kappa shape index (κ2) is 2.84. The molecule has 0 radical (unpaired) electrons. The Morgan fingerprint density at radius 3 is 2.20 bits per heavy atom. The summed E-state index contributed by atoms with van der Waals surface area (Å²) >= 11 is 0. The summed E-state index contributed by atoms with van der Waals surface area (Å²) in [6.07, 6.45) is -2.30. The highest BCUT2D eigenvalue weighted by atomic mass is 16.5. The van der Waals surface area contributed by atoms with E-state index >= 15 is 0 Å². The monoisotopic (exact) mass is 147 g/mol. The average molecular weight is 147 g/mol. The third-order valence-corrected chi connectivity index (χ3v) is 1.83. The van der Waals surface area contributed by atoms with Gasteiger partial charge in [0.05, 0.1) is 12.2 Å². The molecular weight excluding hydrogens is 134 g/mol. The van der Waals surface area contributed by atoms with Gasteiger partial charge in [0.15, 0.2) is 0 Å². The Morgan fingerprint density at radius 1 is 1.40 bits per heavy atom. The van der Waals surface area contributed by atoms with E-state index < -0.39 is 18.3 Å². The van der Waals surface area contributed by atoms with Crippen LogP contribution in [0.3, 0.4) is 0 Å². The van der Waals surface area contributed by atoms with Crippen LogP contribution in [0.25, 0.3) is 0 Å². The molecule has 1 heterocycles. The normalized spacial score (nSPS) is 48.0. The van der Waals surface area contributed by atoms with Crippen LogP contribution in [0.1, 0.15) is 6.92 Å². The van der Waals surface area contributed by atoms with E-state index in [1.54, 1.807) is 6.92 Å². The first kappa shape index (κ1) is 7.94. The maximum atomic E-state index is 9.17. The molecule has 0 amide bonds. The Balaban J connectivity index is 2.53. The van der Waals surface area contributed by atoms with Crippen molar-refractivity contribution in [1.82, 2.24) is 0 Å². The zero-order chi connectivity index (χ0) is 7.72. The predicted molar refractivity (Wildman–Crippen MR) is 35.4 cm³/mol. The number of aliphatic hydroxyl groups is 2. The molecular formula is C6H13NO3. The fourth-order valence-corrected chi connectivity index (χ4v) is 1.13. The van der Waals surface area contributed by atoms with Crippen molar-refractivity contribution in [2.75, 3.05) is 6.54 Å². The Kier molecular flexibility index (Phi) is 2.25. The number of rotatable bonds is 1. The highest BCUT2D eigenvalue weighted by molar-refractivity contribution is 4.88. The van der Waals surface area contributed by atoms with E-state index in [4.69, 9.17) is 15.6 Å². The van der Waals surface area contributed by atoms with E-state index in [0.717, 1.165) is 0 Å².